The fourth-order valence-electron chi connectivity index (χ4n) is 2.72. The van der Waals surface area contributed by atoms with Gasteiger partial charge >= 0.3 is 5.97 Å². The van der Waals surface area contributed by atoms with E-state index >= 15 is 0 Å². The van der Waals surface area contributed by atoms with Crippen molar-refractivity contribution in [2.75, 3.05) is 0 Å². The molecule has 3 rings (SSSR count). The summed E-state index contributed by atoms with van der Waals surface area (Å²) in [6.45, 7) is 1.81. The molecule has 146 valence electrons. The monoisotopic (exact) mass is 402 g/mol. The molecule has 1 fully saturated rings. The fourth-order valence-corrected chi connectivity index (χ4v) is 4.32. The normalized spacial score (nSPS) is 17.6. The number of aryl methyl sites for hydroxylation is 1. The van der Waals surface area contributed by atoms with Crippen molar-refractivity contribution in [2.24, 2.45) is 10.9 Å². The molecule has 28 heavy (non-hydrogen) atoms. The van der Waals surface area contributed by atoms with E-state index in [2.05, 4.69) is 10.1 Å². The molecule has 1 aromatic carbocycles. The van der Waals surface area contributed by atoms with E-state index in [1.165, 1.54) is 18.3 Å². The summed E-state index contributed by atoms with van der Waals surface area (Å²) < 4.78 is 26.3. The number of rotatable bonds is 5. The highest BCUT2D eigenvalue weighted by Crippen LogP contribution is 2.28. The lowest BCUT2D eigenvalue weighted by atomic mass is 10.2. The largest absolute Gasteiger partial charge is 0.380 e. The first-order valence-electron chi connectivity index (χ1n) is 8.39. The SMILES string of the molecule is Cc1ccc(S(=O)(=O)N2C(=O)CC[C@@H]2C(=O)O/N=C(/N)c2cccnc2)cc1. The number of carbonyl (C=O) groups excluding carboxylic acids is 2. The number of pyridine rings is 1. The molecule has 1 atom stereocenters. The van der Waals surface area contributed by atoms with Gasteiger partial charge in [-0.05, 0) is 37.6 Å². The number of carbonyl (C=O) groups is 2. The molecule has 1 amide bonds. The van der Waals surface area contributed by atoms with Gasteiger partial charge in [-0.2, -0.15) is 0 Å². The summed E-state index contributed by atoms with van der Waals surface area (Å²) in [7, 11) is -4.20. The smallest absolute Gasteiger partial charge is 0.358 e. The number of sulfonamides is 1. The van der Waals surface area contributed by atoms with Crippen LogP contribution < -0.4 is 5.73 Å². The third-order valence-corrected chi connectivity index (χ3v) is 6.05. The standard InChI is InChI=1S/C18H18N4O5S/c1-12-4-6-14(7-5-12)28(25,26)22-15(8-9-16(22)23)18(24)27-21-17(19)13-3-2-10-20-11-13/h2-7,10-11,15H,8-9H2,1H3,(H2,19,21)/t15-/m1/s1. The van der Waals surface area contributed by atoms with Gasteiger partial charge in [-0.1, -0.05) is 22.9 Å². The Kier molecular flexibility index (Phi) is 5.41. The molecule has 1 aliphatic heterocycles. The van der Waals surface area contributed by atoms with Crippen molar-refractivity contribution in [3.8, 4) is 0 Å². The zero-order chi connectivity index (χ0) is 20.3. The van der Waals surface area contributed by atoms with Crippen molar-refractivity contribution in [3.63, 3.8) is 0 Å². The van der Waals surface area contributed by atoms with Crippen molar-refractivity contribution < 1.29 is 22.8 Å². The Morgan fingerprint density at radius 1 is 1.29 bits per heavy atom. The van der Waals surface area contributed by atoms with Crippen LogP contribution in [0.2, 0.25) is 0 Å². The van der Waals surface area contributed by atoms with E-state index < -0.39 is 27.9 Å². The second-order valence-electron chi connectivity index (χ2n) is 6.19. The molecule has 1 aliphatic rings. The first-order valence-corrected chi connectivity index (χ1v) is 9.83. The Morgan fingerprint density at radius 3 is 2.64 bits per heavy atom. The maximum atomic E-state index is 12.9. The van der Waals surface area contributed by atoms with Gasteiger partial charge in [0.25, 0.3) is 10.0 Å². The van der Waals surface area contributed by atoms with E-state index in [4.69, 9.17) is 10.6 Å². The Balaban J connectivity index is 1.82. The summed E-state index contributed by atoms with van der Waals surface area (Å²) in [4.78, 5) is 33.2. The number of hydrogen-bond acceptors (Lipinski definition) is 7. The van der Waals surface area contributed by atoms with Crippen molar-refractivity contribution in [3.05, 3.63) is 59.9 Å². The molecule has 0 radical (unpaired) electrons. The number of amides is 1. The molecule has 1 aromatic heterocycles. The average molecular weight is 402 g/mol. The minimum atomic E-state index is -4.20. The van der Waals surface area contributed by atoms with E-state index in [0.29, 0.717) is 9.87 Å². The lowest BCUT2D eigenvalue weighted by Gasteiger charge is -2.22. The van der Waals surface area contributed by atoms with Gasteiger partial charge in [0.1, 0.15) is 6.04 Å². The molecule has 0 unspecified atom stereocenters. The van der Waals surface area contributed by atoms with Crippen molar-refractivity contribution in [1.82, 2.24) is 9.29 Å². The van der Waals surface area contributed by atoms with Crippen LogP contribution in [0.4, 0.5) is 0 Å². The number of oxime groups is 1. The lowest BCUT2D eigenvalue weighted by molar-refractivity contribution is -0.149. The quantitative estimate of drug-likeness (QED) is 0.340. The topological polar surface area (TPSA) is 132 Å². The summed E-state index contributed by atoms with van der Waals surface area (Å²) in [5, 5.41) is 3.54. The molecule has 0 spiro atoms. The van der Waals surface area contributed by atoms with Crippen LogP contribution in [0, 0.1) is 6.92 Å². The fraction of sp³-hybridized carbons (Fsp3) is 0.222. The van der Waals surface area contributed by atoms with Gasteiger partial charge in [0.2, 0.25) is 5.91 Å². The van der Waals surface area contributed by atoms with E-state index in [-0.39, 0.29) is 23.6 Å². The van der Waals surface area contributed by atoms with Crippen LogP contribution in [-0.2, 0) is 24.4 Å². The second kappa shape index (κ2) is 7.77. The molecule has 2 aromatic rings. The van der Waals surface area contributed by atoms with Crippen LogP contribution >= 0.6 is 0 Å². The van der Waals surface area contributed by atoms with E-state index in [1.54, 1.807) is 30.5 Å². The van der Waals surface area contributed by atoms with Crippen LogP contribution in [-0.4, -0.2) is 41.5 Å². The molecular weight excluding hydrogens is 384 g/mol. The van der Waals surface area contributed by atoms with Crippen LogP contribution in [0.5, 0.6) is 0 Å². The molecule has 0 saturated carbocycles. The zero-order valence-electron chi connectivity index (χ0n) is 15.0. The minimum Gasteiger partial charge on any atom is -0.380 e. The van der Waals surface area contributed by atoms with Crippen LogP contribution in [0.3, 0.4) is 0 Å². The second-order valence-corrected chi connectivity index (χ2v) is 8.01. The Hall–Kier alpha value is -3.27. The summed E-state index contributed by atoms with van der Waals surface area (Å²) in [5.41, 5.74) is 7.03. The summed E-state index contributed by atoms with van der Waals surface area (Å²) >= 11 is 0. The molecule has 0 bridgehead atoms. The highest BCUT2D eigenvalue weighted by atomic mass is 32.2. The Morgan fingerprint density at radius 2 is 2.00 bits per heavy atom. The molecular formula is C18H18N4O5S. The first kappa shape index (κ1) is 19.5. The highest BCUT2D eigenvalue weighted by molar-refractivity contribution is 7.89. The number of hydrogen-bond donors (Lipinski definition) is 1. The average Bonchev–Trinajstić information content (AvgIpc) is 3.09. The minimum absolute atomic E-state index is 0.00504. The van der Waals surface area contributed by atoms with Gasteiger partial charge in [-0.15, -0.1) is 0 Å². The summed E-state index contributed by atoms with van der Waals surface area (Å²) in [5.74, 6) is -1.75. The van der Waals surface area contributed by atoms with Gasteiger partial charge in [0.15, 0.2) is 5.84 Å². The maximum Gasteiger partial charge on any atom is 0.358 e. The molecule has 2 heterocycles. The predicted molar refractivity (Wildman–Crippen MR) is 99.3 cm³/mol. The number of amidine groups is 1. The molecule has 9 nitrogen and oxygen atoms in total. The molecule has 10 heteroatoms. The Bertz CT molecular complexity index is 1020. The van der Waals surface area contributed by atoms with E-state index in [9.17, 15) is 18.0 Å². The van der Waals surface area contributed by atoms with Gasteiger partial charge < -0.3 is 10.6 Å². The van der Waals surface area contributed by atoms with Gasteiger partial charge in [0, 0.05) is 24.4 Å². The van der Waals surface area contributed by atoms with Crippen molar-refractivity contribution >= 4 is 27.7 Å². The lowest BCUT2D eigenvalue weighted by Crippen LogP contribution is -2.43. The number of aromatic nitrogens is 1. The third-order valence-electron chi connectivity index (χ3n) is 4.20. The molecule has 1 saturated heterocycles. The van der Waals surface area contributed by atoms with E-state index in [0.717, 1.165) is 5.56 Å². The summed E-state index contributed by atoms with van der Waals surface area (Å²) in [6.07, 6.45) is 2.89. The van der Waals surface area contributed by atoms with Crippen LogP contribution in [0.1, 0.15) is 24.0 Å². The third kappa shape index (κ3) is 3.86. The van der Waals surface area contributed by atoms with Gasteiger partial charge in [0.05, 0.1) is 4.90 Å². The molecule has 0 aliphatic carbocycles. The van der Waals surface area contributed by atoms with Crippen LogP contribution in [0.15, 0.2) is 58.8 Å². The predicted octanol–water partition coefficient (Wildman–Crippen LogP) is 0.933. The first-order chi connectivity index (χ1) is 13.3. The number of benzene rings is 1. The Labute approximate surface area is 161 Å². The zero-order valence-corrected chi connectivity index (χ0v) is 15.8. The maximum absolute atomic E-state index is 12.9. The number of nitrogens with two attached hydrogens (primary N) is 1. The summed E-state index contributed by atoms with van der Waals surface area (Å²) in [6, 6.07) is 7.94. The van der Waals surface area contributed by atoms with Gasteiger partial charge in [-0.3, -0.25) is 9.78 Å². The van der Waals surface area contributed by atoms with Crippen molar-refractivity contribution in [1.29, 1.82) is 0 Å². The van der Waals surface area contributed by atoms with E-state index in [1.807, 2.05) is 6.92 Å². The molecule has 2 N–H and O–H groups in total. The van der Waals surface area contributed by atoms with Crippen LogP contribution in [0.25, 0.3) is 0 Å². The highest BCUT2D eigenvalue weighted by Gasteiger charge is 2.45. The van der Waals surface area contributed by atoms with Crippen molar-refractivity contribution in [2.45, 2.75) is 30.7 Å². The van der Waals surface area contributed by atoms with Gasteiger partial charge in [-0.25, -0.2) is 17.5 Å². The number of nitrogens with zero attached hydrogens (tertiary/aromatic N) is 3.